The summed E-state index contributed by atoms with van der Waals surface area (Å²) >= 11 is 4.70. The Kier molecular flexibility index (Phi) is 7.17. The molecular weight excluding hydrogens is 346 g/mol. The van der Waals surface area contributed by atoms with Crippen molar-refractivity contribution in [3.63, 3.8) is 0 Å². The lowest BCUT2D eigenvalue weighted by molar-refractivity contribution is 0.667. The van der Waals surface area contributed by atoms with Crippen LogP contribution in [0.2, 0.25) is 0 Å². The first-order valence-corrected chi connectivity index (χ1v) is 10.2. The number of aryl methyl sites for hydroxylation is 2. The van der Waals surface area contributed by atoms with Gasteiger partial charge in [-0.15, -0.1) is 0 Å². The number of aliphatic imine (C=N–C) groups is 1. The topological polar surface area (TPSA) is 12.4 Å². The molecule has 0 N–H and O–H groups in total. The van der Waals surface area contributed by atoms with Crippen LogP contribution in [-0.4, -0.2) is 5.16 Å². The second-order valence-electron chi connectivity index (χ2n) is 7.01. The zero-order valence-electron chi connectivity index (χ0n) is 15.9. The molecule has 136 valence electrons. The van der Waals surface area contributed by atoms with Crippen molar-refractivity contribution < 1.29 is 0 Å². The molecule has 1 aliphatic carbocycles. The minimum absolute atomic E-state index is 0.910. The molecule has 0 fully saturated rings. The SMILES string of the molecule is CCCCCCc1ccc(C#Cc2ccc3c(c2)CCC(N=C=S)=C3)cc1. The van der Waals surface area contributed by atoms with Crippen LogP contribution in [-0.2, 0) is 12.8 Å². The summed E-state index contributed by atoms with van der Waals surface area (Å²) in [6.07, 6.45) is 10.4. The smallest absolute Gasteiger partial charge is 0.0637 e. The fourth-order valence-electron chi connectivity index (χ4n) is 3.36. The summed E-state index contributed by atoms with van der Waals surface area (Å²) in [5.41, 5.74) is 7.09. The first-order valence-electron chi connectivity index (χ1n) is 9.81. The number of allylic oxidation sites excluding steroid dienone is 1. The van der Waals surface area contributed by atoms with Crippen molar-refractivity contribution in [3.8, 4) is 11.8 Å². The average molecular weight is 372 g/mol. The summed E-state index contributed by atoms with van der Waals surface area (Å²) in [7, 11) is 0. The summed E-state index contributed by atoms with van der Waals surface area (Å²) in [4.78, 5) is 4.11. The molecule has 0 atom stereocenters. The molecule has 1 aliphatic rings. The molecule has 0 heterocycles. The molecule has 0 unspecified atom stereocenters. The maximum absolute atomic E-state index is 4.70. The number of isothiocyanates is 1. The van der Waals surface area contributed by atoms with E-state index in [0.717, 1.165) is 29.7 Å². The van der Waals surface area contributed by atoms with E-state index in [1.807, 2.05) is 0 Å². The Hall–Kier alpha value is -2.46. The van der Waals surface area contributed by atoms with Gasteiger partial charge in [-0.25, -0.2) is 0 Å². The molecule has 0 amide bonds. The molecule has 0 saturated heterocycles. The van der Waals surface area contributed by atoms with Crippen molar-refractivity contribution in [1.82, 2.24) is 0 Å². The number of hydrogen-bond acceptors (Lipinski definition) is 2. The zero-order chi connectivity index (χ0) is 18.9. The normalized spacial score (nSPS) is 12.3. The van der Waals surface area contributed by atoms with Crippen LogP contribution < -0.4 is 0 Å². The number of unbranched alkanes of at least 4 members (excludes halogenated alkanes) is 3. The number of fused-ring (bicyclic) bond motifs is 1. The lowest BCUT2D eigenvalue weighted by Crippen LogP contribution is -1.98. The summed E-state index contributed by atoms with van der Waals surface area (Å²) in [6, 6.07) is 15.1. The Morgan fingerprint density at radius 2 is 1.70 bits per heavy atom. The maximum Gasteiger partial charge on any atom is 0.0637 e. The van der Waals surface area contributed by atoms with Crippen molar-refractivity contribution in [3.05, 3.63) is 76.0 Å². The summed E-state index contributed by atoms with van der Waals surface area (Å²) in [5.74, 6) is 6.60. The highest BCUT2D eigenvalue weighted by Crippen LogP contribution is 2.25. The Bertz CT molecular complexity index is 919. The monoisotopic (exact) mass is 371 g/mol. The molecule has 0 spiro atoms. The van der Waals surface area contributed by atoms with Crippen LogP contribution in [0.3, 0.4) is 0 Å². The summed E-state index contributed by atoms with van der Waals surface area (Å²) in [5, 5.41) is 2.46. The van der Waals surface area contributed by atoms with E-state index in [1.165, 1.54) is 48.8 Å². The van der Waals surface area contributed by atoms with E-state index in [2.05, 4.69) is 77.5 Å². The largest absolute Gasteiger partial charge is 0.199 e. The molecule has 27 heavy (non-hydrogen) atoms. The molecular formula is C25H25NS. The van der Waals surface area contributed by atoms with Crippen LogP contribution in [0.1, 0.15) is 66.8 Å². The highest BCUT2D eigenvalue weighted by Gasteiger charge is 2.09. The predicted molar refractivity (Wildman–Crippen MR) is 118 cm³/mol. The fraction of sp³-hybridized carbons (Fsp3) is 0.320. The van der Waals surface area contributed by atoms with Crippen molar-refractivity contribution >= 4 is 23.5 Å². The van der Waals surface area contributed by atoms with Crippen LogP contribution in [0.5, 0.6) is 0 Å². The van der Waals surface area contributed by atoms with Gasteiger partial charge in [0.25, 0.3) is 0 Å². The van der Waals surface area contributed by atoms with Crippen molar-refractivity contribution in [2.24, 2.45) is 4.99 Å². The Morgan fingerprint density at radius 3 is 2.48 bits per heavy atom. The van der Waals surface area contributed by atoms with Gasteiger partial charge in [-0.3, -0.25) is 0 Å². The van der Waals surface area contributed by atoms with Gasteiger partial charge in [-0.1, -0.05) is 56.2 Å². The van der Waals surface area contributed by atoms with E-state index in [9.17, 15) is 0 Å². The van der Waals surface area contributed by atoms with Gasteiger partial charge in [-0.2, -0.15) is 4.99 Å². The Morgan fingerprint density at radius 1 is 0.926 bits per heavy atom. The van der Waals surface area contributed by atoms with E-state index >= 15 is 0 Å². The lowest BCUT2D eigenvalue weighted by atomic mass is 9.94. The van der Waals surface area contributed by atoms with Crippen molar-refractivity contribution in [2.75, 3.05) is 0 Å². The minimum atomic E-state index is 0.910. The van der Waals surface area contributed by atoms with Gasteiger partial charge < -0.3 is 0 Å². The van der Waals surface area contributed by atoms with Gasteiger partial charge in [-0.05, 0) is 84.9 Å². The molecule has 2 heteroatoms. The van der Waals surface area contributed by atoms with Crippen molar-refractivity contribution in [2.45, 2.75) is 51.9 Å². The van der Waals surface area contributed by atoms with Crippen LogP contribution in [0, 0.1) is 11.8 Å². The first-order chi connectivity index (χ1) is 13.3. The third kappa shape index (κ3) is 5.76. The number of benzene rings is 2. The van der Waals surface area contributed by atoms with Gasteiger partial charge in [0.05, 0.1) is 10.9 Å². The molecule has 0 aromatic heterocycles. The molecule has 0 bridgehead atoms. The van der Waals surface area contributed by atoms with Gasteiger partial charge in [0.15, 0.2) is 0 Å². The lowest BCUT2D eigenvalue weighted by Gasteiger charge is -2.13. The van der Waals surface area contributed by atoms with E-state index in [1.54, 1.807) is 0 Å². The highest BCUT2D eigenvalue weighted by atomic mass is 32.1. The van der Waals surface area contributed by atoms with Crippen LogP contribution in [0.4, 0.5) is 0 Å². The van der Waals surface area contributed by atoms with Gasteiger partial charge in [0, 0.05) is 11.1 Å². The zero-order valence-corrected chi connectivity index (χ0v) is 16.7. The van der Waals surface area contributed by atoms with E-state index in [0.29, 0.717) is 0 Å². The summed E-state index contributed by atoms with van der Waals surface area (Å²) < 4.78 is 0. The quantitative estimate of drug-likeness (QED) is 0.241. The Labute approximate surface area is 168 Å². The average Bonchev–Trinajstić information content (AvgIpc) is 2.71. The number of rotatable bonds is 6. The molecule has 1 nitrogen and oxygen atoms in total. The first kappa shape index (κ1) is 19.3. The van der Waals surface area contributed by atoms with Gasteiger partial charge in [0.1, 0.15) is 0 Å². The number of hydrogen-bond donors (Lipinski definition) is 0. The van der Waals surface area contributed by atoms with Gasteiger partial charge >= 0.3 is 0 Å². The van der Waals surface area contributed by atoms with E-state index in [4.69, 9.17) is 12.2 Å². The predicted octanol–water partition coefficient (Wildman–Crippen LogP) is 6.60. The molecule has 2 aromatic carbocycles. The van der Waals surface area contributed by atoms with Crippen molar-refractivity contribution in [1.29, 1.82) is 0 Å². The van der Waals surface area contributed by atoms with E-state index < -0.39 is 0 Å². The highest BCUT2D eigenvalue weighted by molar-refractivity contribution is 7.78. The second kappa shape index (κ2) is 10.0. The fourth-order valence-corrected chi connectivity index (χ4v) is 3.47. The molecule has 0 radical (unpaired) electrons. The molecule has 2 aromatic rings. The number of thiocarbonyl (C=S) groups is 1. The van der Waals surface area contributed by atoms with Crippen LogP contribution >= 0.6 is 12.2 Å². The molecule has 0 aliphatic heterocycles. The van der Waals surface area contributed by atoms with E-state index in [-0.39, 0.29) is 0 Å². The van der Waals surface area contributed by atoms with Crippen LogP contribution in [0.15, 0.2) is 53.2 Å². The van der Waals surface area contributed by atoms with Gasteiger partial charge in [0.2, 0.25) is 0 Å². The minimum Gasteiger partial charge on any atom is -0.199 e. The summed E-state index contributed by atoms with van der Waals surface area (Å²) in [6.45, 7) is 2.25. The molecule has 0 saturated carbocycles. The third-order valence-electron chi connectivity index (χ3n) is 4.93. The number of nitrogens with zero attached hydrogens (tertiary/aromatic N) is 1. The van der Waals surface area contributed by atoms with Crippen LogP contribution in [0.25, 0.3) is 6.08 Å². The molecule has 3 rings (SSSR count). The maximum atomic E-state index is 4.70. The standard InChI is InChI=1S/C25H25NS/c1-2-3-4-5-6-20-7-9-21(10-8-20)11-12-22-13-14-24-18-25(26-19-27)16-15-23(24)17-22/h7-10,13-14,17-18H,2-6,15-16H2,1H3. The third-order valence-corrected chi connectivity index (χ3v) is 5.02. The Balaban J connectivity index is 1.65. The second-order valence-corrected chi connectivity index (χ2v) is 7.19.